The summed E-state index contributed by atoms with van der Waals surface area (Å²) < 4.78 is 19.6. The third-order valence-electron chi connectivity index (χ3n) is 10.8. The molecule has 4 fully saturated rings. The number of allylic oxidation sites excluding steroid dienone is 1. The molecule has 1 unspecified atom stereocenters. The van der Waals surface area contributed by atoms with Crippen molar-refractivity contribution in [3.63, 3.8) is 0 Å². The van der Waals surface area contributed by atoms with Crippen LogP contribution in [-0.2, 0) is 19.8 Å². The number of aliphatic hydroxyl groups is 1. The molecule has 6 heteroatoms. The Balaban J connectivity index is 1.21. The number of fused-ring (bicyclic) bond motifs is 2. The fraction of sp³-hybridized carbons (Fsp3) is 0.567. The van der Waals surface area contributed by atoms with Crippen LogP contribution in [0.15, 0.2) is 53.8 Å². The number of halogens is 1. The summed E-state index contributed by atoms with van der Waals surface area (Å²) in [6.07, 6.45) is 13.7. The quantitative estimate of drug-likeness (QED) is 0.483. The summed E-state index contributed by atoms with van der Waals surface area (Å²) in [5.74, 6) is -0.257. The van der Waals surface area contributed by atoms with Crippen molar-refractivity contribution in [1.82, 2.24) is 4.98 Å². The summed E-state index contributed by atoms with van der Waals surface area (Å²) in [5, 5.41) is 14.9. The Labute approximate surface area is 216 Å². The van der Waals surface area contributed by atoms with E-state index in [2.05, 4.69) is 42.3 Å². The van der Waals surface area contributed by atoms with Gasteiger partial charge >= 0.3 is 0 Å². The Morgan fingerprint density at radius 2 is 1.94 bits per heavy atom. The maximum Gasteiger partial charge on any atom is 0.171 e. The highest BCUT2D eigenvalue weighted by Crippen LogP contribution is 2.71. The van der Waals surface area contributed by atoms with Gasteiger partial charge in [-0.3, -0.25) is 0 Å². The zero-order valence-corrected chi connectivity index (χ0v) is 21.4. The van der Waals surface area contributed by atoms with Crippen LogP contribution in [0.4, 0.5) is 0 Å². The zero-order valence-electron chi connectivity index (χ0n) is 20.7. The van der Waals surface area contributed by atoms with E-state index in [1.807, 2.05) is 6.07 Å². The van der Waals surface area contributed by atoms with Crippen LogP contribution in [0.1, 0.15) is 63.9 Å². The first-order chi connectivity index (χ1) is 17.3. The van der Waals surface area contributed by atoms with Gasteiger partial charge in [-0.15, -0.1) is 0 Å². The van der Waals surface area contributed by atoms with E-state index in [0.717, 1.165) is 61.3 Å². The van der Waals surface area contributed by atoms with Crippen molar-refractivity contribution in [2.24, 2.45) is 11.3 Å². The highest BCUT2D eigenvalue weighted by molar-refractivity contribution is 6.34. The van der Waals surface area contributed by atoms with Crippen molar-refractivity contribution in [2.75, 3.05) is 13.2 Å². The lowest BCUT2D eigenvalue weighted by Gasteiger charge is -2.56. The molecule has 3 spiro atoms. The van der Waals surface area contributed by atoms with E-state index < -0.39 is 11.4 Å². The minimum Gasteiger partial charge on any atom is -0.385 e. The van der Waals surface area contributed by atoms with Crippen molar-refractivity contribution in [2.45, 2.75) is 80.9 Å². The van der Waals surface area contributed by atoms with Crippen molar-refractivity contribution < 1.29 is 19.3 Å². The molecule has 8 rings (SSSR count). The molecule has 0 radical (unpaired) electrons. The van der Waals surface area contributed by atoms with Crippen LogP contribution in [0, 0.1) is 11.3 Å². The molecule has 4 heterocycles. The summed E-state index contributed by atoms with van der Waals surface area (Å²) in [6.45, 7) is 3.62. The minimum absolute atomic E-state index is 0.232. The van der Waals surface area contributed by atoms with Crippen LogP contribution < -0.4 is 0 Å². The molecule has 3 aliphatic heterocycles. The number of hydrogen-bond acceptors (Lipinski definition) is 5. The summed E-state index contributed by atoms with van der Waals surface area (Å²) in [6, 6.07) is 8.17. The molecule has 6 aliphatic rings. The molecule has 2 saturated heterocycles. The Morgan fingerprint density at radius 3 is 2.81 bits per heavy atom. The summed E-state index contributed by atoms with van der Waals surface area (Å²) in [5.41, 5.74) is 1.73. The predicted molar refractivity (Wildman–Crippen MR) is 137 cm³/mol. The van der Waals surface area contributed by atoms with Crippen molar-refractivity contribution in [3.8, 4) is 0 Å². The molecule has 5 atom stereocenters. The molecule has 5 nitrogen and oxygen atoms in total. The standard InChI is InChI=1S/C30H32ClNO4/c1-26-8-4-21-16-20-5-9-28(34-14-15-35-28)18-27(20)11-12-29(21,36-27)24(26)6-10-30(26,33)22-3-2-19-7-13-32-25(31)23(19)17-22/h2-4,7,13,16-17,24,33H,5-6,8-12,14-15,18H2,1H3/t24?,26-,27-,29-,30-/m1/s1. The van der Waals surface area contributed by atoms with Crippen LogP contribution in [0.25, 0.3) is 10.8 Å². The SMILES string of the molecule is C[C@@]12CC=C3C=C4CCC5(C[C@]46CC[C@]3(O6)C1CC[C@@]2(O)c1ccc2ccnc(Cl)c2c1)OCCO5. The normalized spacial score (nSPS) is 42.1. The van der Waals surface area contributed by atoms with Gasteiger partial charge in [-0.25, -0.2) is 4.98 Å². The van der Waals surface area contributed by atoms with Crippen molar-refractivity contribution >= 4 is 22.4 Å². The molecule has 188 valence electrons. The molecule has 1 aromatic carbocycles. The number of nitrogens with zero attached hydrogens (tertiary/aromatic N) is 1. The number of pyridine rings is 1. The molecule has 1 N–H and O–H groups in total. The third kappa shape index (κ3) is 2.59. The molecular formula is C30H32ClNO4. The first-order valence-electron chi connectivity index (χ1n) is 13.5. The van der Waals surface area contributed by atoms with Gasteiger partial charge in [-0.1, -0.05) is 42.8 Å². The van der Waals surface area contributed by atoms with Gasteiger partial charge in [0.1, 0.15) is 5.15 Å². The van der Waals surface area contributed by atoms with E-state index in [9.17, 15) is 5.11 Å². The second-order valence-corrected chi connectivity index (χ2v) is 12.6. The second-order valence-electron chi connectivity index (χ2n) is 12.2. The fourth-order valence-electron chi connectivity index (χ4n) is 9.01. The summed E-state index contributed by atoms with van der Waals surface area (Å²) in [7, 11) is 0. The van der Waals surface area contributed by atoms with E-state index in [-0.39, 0.29) is 22.5 Å². The van der Waals surface area contributed by atoms with Gasteiger partial charge in [0, 0.05) is 35.8 Å². The van der Waals surface area contributed by atoms with Gasteiger partial charge in [0.15, 0.2) is 5.79 Å². The lowest BCUT2D eigenvalue weighted by Crippen LogP contribution is -2.58. The molecule has 36 heavy (non-hydrogen) atoms. The second kappa shape index (κ2) is 7.00. The van der Waals surface area contributed by atoms with Gasteiger partial charge in [0.05, 0.1) is 30.0 Å². The molecule has 2 saturated carbocycles. The first kappa shape index (κ1) is 22.2. The zero-order chi connectivity index (χ0) is 24.4. The van der Waals surface area contributed by atoms with Crippen LogP contribution >= 0.6 is 11.6 Å². The maximum absolute atomic E-state index is 12.5. The van der Waals surface area contributed by atoms with E-state index in [0.29, 0.717) is 24.8 Å². The predicted octanol–water partition coefficient (Wildman–Crippen LogP) is 5.98. The summed E-state index contributed by atoms with van der Waals surface area (Å²) in [4.78, 5) is 4.28. The van der Waals surface area contributed by atoms with E-state index >= 15 is 0 Å². The Kier molecular flexibility index (Phi) is 4.33. The largest absolute Gasteiger partial charge is 0.385 e. The number of aromatic nitrogens is 1. The van der Waals surface area contributed by atoms with E-state index in [4.69, 9.17) is 25.8 Å². The molecule has 2 bridgehead atoms. The smallest absolute Gasteiger partial charge is 0.171 e. The molecule has 3 aliphatic carbocycles. The van der Waals surface area contributed by atoms with Gasteiger partial charge in [-0.2, -0.15) is 0 Å². The number of rotatable bonds is 1. The van der Waals surface area contributed by atoms with Crippen LogP contribution in [0.5, 0.6) is 0 Å². The van der Waals surface area contributed by atoms with Crippen molar-refractivity contribution in [1.29, 1.82) is 0 Å². The monoisotopic (exact) mass is 505 g/mol. The average Bonchev–Trinajstić information content (AvgIpc) is 3.53. The fourth-order valence-corrected chi connectivity index (χ4v) is 9.23. The van der Waals surface area contributed by atoms with Crippen LogP contribution in [-0.4, -0.2) is 40.3 Å². The maximum atomic E-state index is 12.5. The Morgan fingerprint density at radius 1 is 1.08 bits per heavy atom. The molecule has 0 amide bonds. The molecule has 2 aromatic rings. The number of ether oxygens (including phenoxy) is 3. The van der Waals surface area contributed by atoms with E-state index in [1.165, 1.54) is 11.1 Å². The van der Waals surface area contributed by atoms with Crippen molar-refractivity contribution in [3.05, 3.63) is 64.5 Å². The van der Waals surface area contributed by atoms with Gasteiger partial charge in [0.2, 0.25) is 0 Å². The number of benzene rings is 1. The minimum atomic E-state index is -0.962. The van der Waals surface area contributed by atoms with Gasteiger partial charge in [-0.05, 0) is 72.8 Å². The summed E-state index contributed by atoms with van der Waals surface area (Å²) >= 11 is 6.46. The number of hydrogen-bond donors (Lipinski definition) is 1. The third-order valence-corrected chi connectivity index (χ3v) is 11.1. The first-order valence-corrected chi connectivity index (χ1v) is 13.9. The lowest BCUT2D eigenvalue weighted by atomic mass is 9.56. The van der Waals surface area contributed by atoms with E-state index in [1.54, 1.807) is 6.20 Å². The average molecular weight is 506 g/mol. The molecule has 1 aromatic heterocycles. The van der Waals surface area contributed by atoms with Gasteiger partial charge in [0.25, 0.3) is 0 Å². The van der Waals surface area contributed by atoms with Gasteiger partial charge < -0.3 is 19.3 Å². The topological polar surface area (TPSA) is 60.8 Å². The highest BCUT2D eigenvalue weighted by Gasteiger charge is 2.71. The highest BCUT2D eigenvalue weighted by atomic mass is 35.5. The van der Waals surface area contributed by atoms with Crippen LogP contribution in [0.2, 0.25) is 5.15 Å². The Bertz CT molecular complexity index is 1360. The lowest BCUT2D eigenvalue weighted by molar-refractivity contribution is -0.230. The molecular weight excluding hydrogens is 474 g/mol. The van der Waals surface area contributed by atoms with Crippen LogP contribution in [0.3, 0.4) is 0 Å². The Hall–Kier alpha value is -1.76.